The first-order valence-corrected chi connectivity index (χ1v) is 6.54. The Hall–Kier alpha value is -2.76. The summed E-state index contributed by atoms with van der Waals surface area (Å²) in [6.07, 6.45) is 1.54. The average Bonchev–Trinajstić information content (AvgIpc) is 2.96. The molecule has 0 aliphatic rings. The summed E-state index contributed by atoms with van der Waals surface area (Å²) in [5.41, 5.74) is 1.73. The molecule has 0 saturated carbocycles. The summed E-state index contributed by atoms with van der Waals surface area (Å²) in [4.78, 5) is 23.2. The maximum absolute atomic E-state index is 11.6. The van der Waals surface area contributed by atoms with E-state index in [9.17, 15) is 9.59 Å². The van der Waals surface area contributed by atoms with Crippen LogP contribution in [0.2, 0.25) is 0 Å². The Labute approximate surface area is 122 Å². The molecular weight excluding hydrogens is 270 g/mol. The minimum Gasteiger partial charge on any atom is -0.467 e. The third kappa shape index (κ3) is 5.02. The van der Waals surface area contributed by atoms with Crippen LogP contribution in [0.3, 0.4) is 0 Å². The van der Waals surface area contributed by atoms with E-state index in [1.807, 2.05) is 25.1 Å². The largest absolute Gasteiger partial charge is 0.467 e. The van der Waals surface area contributed by atoms with Gasteiger partial charge in [0.1, 0.15) is 5.76 Å². The number of anilines is 1. The van der Waals surface area contributed by atoms with Gasteiger partial charge in [-0.25, -0.2) is 4.79 Å². The molecular formula is C15H17N3O3. The van der Waals surface area contributed by atoms with Crippen LogP contribution >= 0.6 is 0 Å². The van der Waals surface area contributed by atoms with Crippen LogP contribution < -0.4 is 16.0 Å². The number of hydrogen-bond donors (Lipinski definition) is 3. The molecule has 0 fully saturated rings. The Morgan fingerprint density at radius 3 is 2.71 bits per heavy atom. The lowest BCUT2D eigenvalue weighted by atomic mass is 10.2. The lowest BCUT2D eigenvalue weighted by Gasteiger charge is -2.08. The lowest BCUT2D eigenvalue weighted by Crippen LogP contribution is -2.38. The van der Waals surface area contributed by atoms with Crippen LogP contribution in [0.5, 0.6) is 0 Å². The molecule has 2 rings (SSSR count). The second-order valence-corrected chi connectivity index (χ2v) is 4.53. The normalized spacial score (nSPS) is 9.95. The number of hydrogen-bond acceptors (Lipinski definition) is 3. The van der Waals surface area contributed by atoms with Crippen LogP contribution in [0.15, 0.2) is 47.1 Å². The van der Waals surface area contributed by atoms with E-state index in [0.29, 0.717) is 18.0 Å². The Kier molecular flexibility index (Phi) is 4.98. The molecule has 0 aliphatic heterocycles. The van der Waals surface area contributed by atoms with Crippen molar-refractivity contribution in [3.05, 3.63) is 54.0 Å². The van der Waals surface area contributed by atoms with Crippen LogP contribution in [0, 0.1) is 6.92 Å². The number of nitrogens with one attached hydrogen (secondary N) is 3. The standard InChI is InChI=1S/C15H17N3O3/c1-11-4-2-5-12(8-11)18-15(20)17-10-14(19)16-9-13-6-3-7-21-13/h2-8H,9-10H2,1H3,(H,16,19)(H2,17,18,20). The van der Waals surface area contributed by atoms with E-state index in [1.165, 1.54) is 6.26 Å². The first kappa shape index (κ1) is 14.6. The predicted octanol–water partition coefficient (Wildman–Crippen LogP) is 2.03. The molecule has 0 aliphatic carbocycles. The Bertz CT molecular complexity index is 608. The first-order valence-electron chi connectivity index (χ1n) is 6.54. The topological polar surface area (TPSA) is 83.4 Å². The quantitative estimate of drug-likeness (QED) is 0.786. The third-order valence-electron chi connectivity index (χ3n) is 2.73. The van der Waals surface area contributed by atoms with Crippen molar-refractivity contribution in [2.75, 3.05) is 11.9 Å². The van der Waals surface area contributed by atoms with Gasteiger partial charge >= 0.3 is 6.03 Å². The number of urea groups is 1. The first-order chi connectivity index (χ1) is 10.1. The van der Waals surface area contributed by atoms with Crippen molar-refractivity contribution in [2.24, 2.45) is 0 Å². The molecule has 0 spiro atoms. The molecule has 1 aromatic carbocycles. The molecule has 0 radical (unpaired) electrons. The number of carbonyl (C=O) groups excluding carboxylic acids is 2. The number of furan rings is 1. The van der Waals surface area contributed by atoms with E-state index in [0.717, 1.165) is 5.56 Å². The fourth-order valence-corrected chi connectivity index (χ4v) is 1.72. The zero-order chi connectivity index (χ0) is 15.1. The van der Waals surface area contributed by atoms with Gasteiger partial charge in [0, 0.05) is 5.69 Å². The molecule has 3 N–H and O–H groups in total. The van der Waals surface area contributed by atoms with Crippen molar-refractivity contribution in [1.82, 2.24) is 10.6 Å². The van der Waals surface area contributed by atoms with Crippen molar-refractivity contribution >= 4 is 17.6 Å². The minimum atomic E-state index is -0.422. The molecule has 6 heteroatoms. The molecule has 1 heterocycles. The van der Waals surface area contributed by atoms with Gasteiger partial charge in [0.2, 0.25) is 5.91 Å². The highest BCUT2D eigenvalue weighted by atomic mass is 16.3. The lowest BCUT2D eigenvalue weighted by molar-refractivity contribution is -0.120. The molecule has 21 heavy (non-hydrogen) atoms. The predicted molar refractivity (Wildman–Crippen MR) is 78.8 cm³/mol. The van der Waals surface area contributed by atoms with E-state index in [2.05, 4.69) is 16.0 Å². The Balaban J connectivity index is 1.69. The number of carbonyl (C=O) groups is 2. The van der Waals surface area contributed by atoms with Crippen molar-refractivity contribution in [3.8, 4) is 0 Å². The van der Waals surface area contributed by atoms with Crippen molar-refractivity contribution in [1.29, 1.82) is 0 Å². The number of aryl methyl sites for hydroxylation is 1. The second kappa shape index (κ2) is 7.14. The zero-order valence-electron chi connectivity index (χ0n) is 11.7. The van der Waals surface area contributed by atoms with Crippen LogP contribution in [-0.4, -0.2) is 18.5 Å². The van der Waals surface area contributed by atoms with Crippen LogP contribution in [0.1, 0.15) is 11.3 Å². The SMILES string of the molecule is Cc1cccc(NC(=O)NCC(=O)NCc2ccco2)c1. The van der Waals surface area contributed by atoms with Gasteiger partial charge in [-0.3, -0.25) is 4.79 Å². The van der Waals surface area contributed by atoms with Crippen molar-refractivity contribution in [2.45, 2.75) is 13.5 Å². The fraction of sp³-hybridized carbons (Fsp3) is 0.200. The van der Waals surface area contributed by atoms with E-state index in [-0.39, 0.29) is 12.5 Å². The van der Waals surface area contributed by atoms with E-state index in [1.54, 1.807) is 18.2 Å². The van der Waals surface area contributed by atoms with Crippen LogP contribution in [0.25, 0.3) is 0 Å². The molecule has 3 amide bonds. The monoisotopic (exact) mass is 287 g/mol. The van der Waals surface area contributed by atoms with Gasteiger partial charge in [0.25, 0.3) is 0 Å². The maximum atomic E-state index is 11.6. The Morgan fingerprint density at radius 2 is 2.00 bits per heavy atom. The van der Waals surface area contributed by atoms with E-state index >= 15 is 0 Å². The summed E-state index contributed by atoms with van der Waals surface area (Å²) in [7, 11) is 0. The second-order valence-electron chi connectivity index (χ2n) is 4.53. The van der Waals surface area contributed by atoms with Gasteiger partial charge in [0.05, 0.1) is 19.4 Å². The van der Waals surface area contributed by atoms with Crippen molar-refractivity contribution < 1.29 is 14.0 Å². The van der Waals surface area contributed by atoms with Gasteiger partial charge in [-0.2, -0.15) is 0 Å². The number of amides is 3. The molecule has 2 aromatic rings. The molecule has 6 nitrogen and oxygen atoms in total. The summed E-state index contributed by atoms with van der Waals surface area (Å²) in [6.45, 7) is 2.14. The average molecular weight is 287 g/mol. The van der Waals surface area contributed by atoms with E-state index < -0.39 is 6.03 Å². The molecule has 0 atom stereocenters. The van der Waals surface area contributed by atoms with Crippen molar-refractivity contribution in [3.63, 3.8) is 0 Å². The van der Waals surface area contributed by atoms with Gasteiger partial charge in [-0.1, -0.05) is 12.1 Å². The summed E-state index contributed by atoms with van der Waals surface area (Å²) in [6, 6.07) is 10.5. The zero-order valence-corrected chi connectivity index (χ0v) is 11.7. The summed E-state index contributed by atoms with van der Waals surface area (Å²) in [5.74, 6) is 0.373. The summed E-state index contributed by atoms with van der Waals surface area (Å²) >= 11 is 0. The molecule has 0 unspecified atom stereocenters. The number of rotatable bonds is 5. The highest BCUT2D eigenvalue weighted by molar-refractivity contribution is 5.92. The molecule has 1 aromatic heterocycles. The highest BCUT2D eigenvalue weighted by Crippen LogP contribution is 2.08. The van der Waals surface area contributed by atoms with Gasteiger partial charge < -0.3 is 20.4 Å². The highest BCUT2D eigenvalue weighted by Gasteiger charge is 2.06. The van der Waals surface area contributed by atoms with Gasteiger partial charge in [0.15, 0.2) is 0 Å². The summed E-state index contributed by atoms with van der Waals surface area (Å²) in [5, 5.41) is 7.79. The van der Waals surface area contributed by atoms with Gasteiger partial charge in [-0.15, -0.1) is 0 Å². The van der Waals surface area contributed by atoms with Gasteiger partial charge in [-0.05, 0) is 36.8 Å². The number of benzene rings is 1. The fourth-order valence-electron chi connectivity index (χ4n) is 1.72. The van der Waals surface area contributed by atoms with E-state index in [4.69, 9.17) is 4.42 Å². The maximum Gasteiger partial charge on any atom is 0.319 e. The minimum absolute atomic E-state index is 0.0989. The molecule has 0 saturated heterocycles. The molecule has 110 valence electrons. The third-order valence-corrected chi connectivity index (χ3v) is 2.73. The van der Waals surface area contributed by atoms with Crippen LogP contribution in [-0.2, 0) is 11.3 Å². The molecule has 0 bridgehead atoms. The summed E-state index contributed by atoms with van der Waals surface area (Å²) < 4.78 is 5.09. The van der Waals surface area contributed by atoms with Crippen LogP contribution in [0.4, 0.5) is 10.5 Å². The Morgan fingerprint density at radius 1 is 1.14 bits per heavy atom. The smallest absolute Gasteiger partial charge is 0.319 e.